The van der Waals surface area contributed by atoms with Crippen molar-refractivity contribution in [3.05, 3.63) is 29.8 Å². The Balaban J connectivity index is 2.54. The number of halogens is 1. The van der Waals surface area contributed by atoms with Crippen molar-refractivity contribution >= 4 is 6.09 Å². The maximum Gasteiger partial charge on any atom is 0.407 e. The van der Waals surface area contributed by atoms with Crippen LogP contribution < -0.4 is 11.1 Å². The summed E-state index contributed by atoms with van der Waals surface area (Å²) in [4.78, 5) is 15.1. The Morgan fingerprint density at radius 2 is 2.21 bits per heavy atom. The van der Waals surface area contributed by atoms with Crippen LogP contribution >= 0.6 is 0 Å². The van der Waals surface area contributed by atoms with Gasteiger partial charge in [-0.1, -0.05) is 6.07 Å². The summed E-state index contributed by atoms with van der Waals surface area (Å²) in [5.41, 5.74) is 5.88. The summed E-state index contributed by atoms with van der Waals surface area (Å²) < 4.78 is 17.8. The number of nitrogens with one attached hydrogen (secondary N) is 1. The van der Waals surface area contributed by atoms with Crippen molar-refractivity contribution in [2.75, 3.05) is 13.1 Å². The number of pyridine rings is 1. The second-order valence-electron chi connectivity index (χ2n) is 5.23. The minimum absolute atomic E-state index is 0.124. The van der Waals surface area contributed by atoms with Gasteiger partial charge >= 0.3 is 6.09 Å². The van der Waals surface area contributed by atoms with Crippen molar-refractivity contribution in [3.63, 3.8) is 0 Å². The molecule has 106 valence electrons. The number of alkyl carbamates (subject to hydrolysis) is 1. The van der Waals surface area contributed by atoms with E-state index in [4.69, 9.17) is 10.5 Å². The van der Waals surface area contributed by atoms with Crippen LogP contribution in [0.3, 0.4) is 0 Å². The number of ether oxygens (including phenoxy) is 1. The lowest BCUT2D eigenvalue weighted by molar-refractivity contribution is 0.0525. The zero-order valence-corrected chi connectivity index (χ0v) is 11.4. The van der Waals surface area contributed by atoms with E-state index in [0.717, 1.165) is 5.56 Å². The molecule has 0 aliphatic rings. The van der Waals surface area contributed by atoms with Crippen LogP contribution in [0.15, 0.2) is 18.3 Å². The van der Waals surface area contributed by atoms with Crippen molar-refractivity contribution in [3.8, 4) is 0 Å². The van der Waals surface area contributed by atoms with Gasteiger partial charge in [-0.15, -0.1) is 0 Å². The third-order valence-electron chi connectivity index (χ3n) is 2.40. The van der Waals surface area contributed by atoms with Crippen molar-refractivity contribution < 1.29 is 13.9 Å². The molecule has 0 aliphatic carbocycles. The molecule has 0 saturated heterocycles. The van der Waals surface area contributed by atoms with E-state index in [1.165, 1.54) is 12.3 Å². The van der Waals surface area contributed by atoms with Crippen LogP contribution in [0.5, 0.6) is 0 Å². The van der Waals surface area contributed by atoms with Gasteiger partial charge in [0.1, 0.15) is 5.60 Å². The van der Waals surface area contributed by atoms with E-state index in [1.807, 2.05) is 0 Å². The Morgan fingerprint density at radius 3 is 2.68 bits per heavy atom. The van der Waals surface area contributed by atoms with E-state index >= 15 is 0 Å². The van der Waals surface area contributed by atoms with Crippen LogP contribution in [0.4, 0.5) is 9.18 Å². The third-order valence-corrected chi connectivity index (χ3v) is 2.40. The first-order valence-corrected chi connectivity index (χ1v) is 6.10. The van der Waals surface area contributed by atoms with Crippen LogP contribution in [0, 0.1) is 5.95 Å². The van der Waals surface area contributed by atoms with Crippen molar-refractivity contribution in [1.29, 1.82) is 0 Å². The molecule has 0 bridgehead atoms. The summed E-state index contributed by atoms with van der Waals surface area (Å²) >= 11 is 0. The highest BCUT2D eigenvalue weighted by Crippen LogP contribution is 2.13. The number of amides is 1. The van der Waals surface area contributed by atoms with Crippen LogP contribution in [-0.4, -0.2) is 29.8 Å². The predicted octanol–water partition coefficient (Wildman–Crippen LogP) is 1.79. The van der Waals surface area contributed by atoms with E-state index in [9.17, 15) is 9.18 Å². The van der Waals surface area contributed by atoms with Gasteiger partial charge in [-0.25, -0.2) is 9.78 Å². The molecule has 3 N–H and O–H groups in total. The Morgan fingerprint density at radius 1 is 1.53 bits per heavy atom. The maximum absolute atomic E-state index is 12.7. The zero-order chi connectivity index (χ0) is 14.5. The zero-order valence-electron chi connectivity index (χ0n) is 11.4. The molecule has 0 aliphatic heterocycles. The molecule has 1 aromatic rings. The molecule has 6 heteroatoms. The average molecular weight is 269 g/mol. The lowest BCUT2D eigenvalue weighted by Crippen LogP contribution is -2.36. The number of hydrogen-bond acceptors (Lipinski definition) is 4. The van der Waals surface area contributed by atoms with Gasteiger partial charge in [0.2, 0.25) is 5.95 Å². The molecule has 0 aromatic carbocycles. The third kappa shape index (κ3) is 5.65. The summed E-state index contributed by atoms with van der Waals surface area (Å²) in [5.74, 6) is -0.666. The normalized spacial score (nSPS) is 12.9. The summed E-state index contributed by atoms with van der Waals surface area (Å²) in [5, 5.41) is 2.64. The Bertz CT molecular complexity index is 415. The fraction of sp³-hybridized carbons (Fsp3) is 0.538. The summed E-state index contributed by atoms with van der Waals surface area (Å²) in [6.45, 7) is 6.01. The van der Waals surface area contributed by atoms with Gasteiger partial charge in [-0.05, 0) is 32.4 Å². The number of aromatic nitrogens is 1. The van der Waals surface area contributed by atoms with Crippen LogP contribution in [0.25, 0.3) is 0 Å². The quantitative estimate of drug-likeness (QED) is 0.817. The summed E-state index contributed by atoms with van der Waals surface area (Å²) in [6.07, 6.45) is 0.921. The number of hydrogen-bond donors (Lipinski definition) is 2. The maximum atomic E-state index is 12.7. The standard InChI is InChI=1S/C13H20FN3O2/c1-13(2,3)19-12(18)17-8-10(6-15)9-4-5-11(14)16-7-9/h4-5,7,10H,6,8,15H2,1-3H3,(H,17,18). The molecule has 1 atom stereocenters. The van der Waals surface area contributed by atoms with Crippen molar-refractivity contribution in [1.82, 2.24) is 10.3 Å². The van der Waals surface area contributed by atoms with Gasteiger partial charge in [0.15, 0.2) is 0 Å². The fourth-order valence-electron chi connectivity index (χ4n) is 1.49. The second kappa shape index (κ2) is 6.47. The van der Waals surface area contributed by atoms with Gasteiger partial charge in [-0.3, -0.25) is 0 Å². The first-order chi connectivity index (χ1) is 8.81. The summed E-state index contributed by atoms with van der Waals surface area (Å²) in [7, 11) is 0. The molecule has 0 spiro atoms. The predicted molar refractivity (Wildman–Crippen MR) is 70.2 cm³/mol. The van der Waals surface area contributed by atoms with Gasteiger partial charge < -0.3 is 15.8 Å². The smallest absolute Gasteiger partial charge is 0.407 e. The molecule has 0 saturated carbocycles. The second-order valence-corrected chi connectivity index (χ2v) is 5.23. The van der Waals surface area contributed by atoms with Crippen LogP contribution in [-0.2, 0) is 4.74 Å². The average Bonchev–Trinajstić information content (AvgIpc) is 2.29. The molecule has 1 heterocycles. The van der Waals surface area contributed by atoms with E-state index in [0.29, 0.717) is 13.1 Å². The van der Waals surface area contributed by atoms with Crippen molar-refractivity contribution in [2.45, 2.75) is 32.3 Å². The topological polar surface area (TPSA) is 77.2 Å². The Kier molecular flexibility index (Phi) is 5.23. The fourth-order valence-corrected chi connectivity index (χ4v) is 1.49. The SMILES string of the molecule is CC(C)(C)OC(=O)NCC(CN)c1ccc(F)nc1. The minimum Gasteiger partial charge on any atom is -0.444 e. The van der Waals surface area contributed by atoms with Crippen LogP contribution in [0.1, 0.15) is 32.3 Å². The number of rotatable bonds is 4. The van der Waals surface area contributed by atoms with E-state index < -0.39 is 17.6 Å². The first kappa shape index (κ1) is 15.4. The molecule has 19 heavy (non-hydrogen) atoms. The molecule has 0 radical (unpaired) electrons. The summed E-state index contributed by atoms with van der Waals surface area (Å²) in [6, 6.07) is 2.88. The monoisotopic (exact) mass is 269 g/mol. The largest absolute Gasteiger partial charge is 0.444 e. The minimum atomic E-state index is -0.542. The number of carbonyl (C=O) groups is 1. The Hall–Kier alpha value is -1.69. The molecular formula is C13H20FN3O2. The lowest BCUT2D eigenvalue weighted by atomic mass is 10.0. The lowest BCUT2D eigenvalue weighted by Gasteiger charge is -2.21. The van der Waals surface area contributed by atoms with E-state index in [2.05, 4.69) is 10.3 Å². The van der Waals surface area contributed by atoms with Crippen LogP contribution in [0.2, 0.25) is 0 Å². The molecule has 0 fully saturated rings. The van der Waals surface area contributed by atoms with Gasteiger partial charge in [0.25, 0.3) is 0 Å². The number of nitrogens with zero attached hydrogens (tertiary/aromatic N) is 1. The number of nitrogens with two attached hydrogens (primary N) is 1. The molecular weight excluding hydrogens is 249 g/mol. The number of carbonyl (C=O) groups excluding carboxylic acids is 1. The first-order valence-electron chi connectivity index (χ1n) is 6.10. The van der Waals surface area contributed by atoms with Gasteiger partial charge in [0.05, 0.1) is 0 Å². The molecule has 1 aromatic heterocycles. The van der Waals surface area contributed by atoms with Crippen molar-refractivity contribution in [2.24, 2.45) is 5.73 Å². The molecule has 1 amide bonds. The molecule has 1 unspecified atom stereocenters. The Labute approximate surface area is 112 Å². The highest BCUT2D eigenvalue weighted by Gasteiger charge is 2.17. The van der Waals surface area contributed by atoms with E-state index in [-0.39, 0.29) is 5.92 Å². The van der Waals surface area contributed by atoms with E-state index in [1.54, 1.807) is 26.8 Å². The van der Waals surface area contributed by atoms with Gasteiger partial charge in [-0.2, -0.15) is 4.39 Å². The highest BCUT2D eigenvalue weighted by atomic mass is 19.1. The molecule has 1 rings (SSSR count). The molecule has 5 nitrogen and oxygen atoms in total. The van der Waals surface area contributed by atoms with Gasteiger partial charge in [0, 0.05) is 25.2 Å². The highest BCUT2D eigenvalue weighted by molar-refractivity contribution is 5.67.